The summed E-state index contributed by atoms with van der Waals surface area (Å²) in [5.41, 5.74) is 2.30. The number of aryl methyl sites for hydroxylation is 2. The number of hydrogen-bond donors (Lipinski definition) is 2. The molecular weight excluding hydrogens is 354 g/mol. The lowest BCUT2D eigenvalue weighted by atomic mass is 10.0. The van der Waals surface area contributed by atoms with Crippen LogP contribution in [0.3, 0.4) is 0 Å². The van der Waals surface area contributed by atoms with E-state index in [4.69, 9.17) is 17.2 Å². The van der Waals surface area contributed by atoms with Crippen LogP contribution in [-0.2, 0) is 6.42 Å². The van der Waals surface area contributed by atoms with Crippen molar-refractivity contribution >= 4 is 29.1 Å². The van der Waals surface area contributed by atoms with Crippen molar-refractivity contribution in [2.24, 2.45) is 0 Å². The van der Waals surface area contributed by atoms with Gasteiger partial charge in [0.15, 0.2) is 5.11 Å². The molecule has 1 aliphatic heterocycles. The van der Waals surface area contributed by atoms with E-state index in [-0.39, 0.29) is 0 Å². The van der Waals surface area contributed by atoms with Crippen molar-refractivity contribution in [1.29, 1.82) is 0 Å². The van der Waals surface area contributed by atoms with Crippen LogP contribution in [-0.4, -0.2) is 34.2 Å². The first-order valence-corrected chi connectivity index (χ1v) is 10.2. The number of nitrogens with one attached hydrogen (secondary N) is 2. The van der Waals surface area contributed by atoms with Crippen LogP contribution in [0.1, 0.15) is 43.9 Å². The third-order valence-electron chi connectivity index (χ3n) is 4.93. The highest BCUT2D eigenvalue weighted by molar-refractivity contribution is 7.80. The Labute approximate surface area is 167 Å². The molecule has 3 rings (SSSR count). The molecule has 0 unspecified atom stereocenters. The smallest absolute Gasteiger partial charge is 0.231 e. The van der Waals surface area contributed by atoms with Gasteiger partial charge < -0.3 is 15.5 Å². The Balaban J connectivity index is 1.51. The third-order valence-corrected chi connectivity index (χ3v) is 5.18. The fourth-order valence-corrected chi connectivity index (χ4v) is 3.67. The van der Waals surface area contributed by atoms with Gasteiger partial charge in [0.25, 0.3) is 0 Å². The molecule has 0 radical (unpaired) electrons. The summed E-state index contributed by atoms with van der Waals surface area (Å²) in [5, 5.41) is 6.98. The van der Waals surface area contributed by atoms with Crippen molar-refractivity contribution in [1.82, 2.24) is 15.3 Å². The lowest BCUT2D eigenvalue weighted by Crippen LogP contribution is -2.38. The molecule has 1 aromatic carbocycles. The standard InChI is InChI=1S/C21H29N5S/c1-16-15-19(26-14-7-6-9-17(26)2)24-20(23-16)25-21(27)22-13-8-12-18-10-4-3-5-11-18/h3-5,10-11,15,17H,6-9,12-14H2,1-2H3,(H2,22,23,24,25,27)/t17-/m1/s1. The predicted octanol–water partition coefficient (Wildman–Crippen LogP) is 4.08. The van der Waals surface area contributed by atoms with Crippen molar-refractivity contribution in [3.8, 4) is 0 Å². The highest BCUT2D eigenvalue weighted by Gasteiger charge is 2.20. The minimum absolute atomic E-state index is 0.518. The summed E-state index contributed by atoms with van der Waals surface area (Å²) >= 11 is 5.42. The van der Waals surface area contributed by atoms with Gasteiger partial charge in [0.05, 0.1) is 0 Å². The molecule has 27 heavy (non-hydrogen) atoms. The van der Waals surface area contributed by atoms with Gasteiger partial charge in [0.1, 0.15) is 5.82 Å². The molecule has 0 bridgehead atoms. The van der Waals surface area contributed by atoms with Gasteiger partial charge in [-0.2, -0.15) is 4.98 Å². The Hall–Kier alpha value is -2.21. The molecule has 0 saturated carbocycles. The Kier molecular flexibility index (Phi) is 6.98. The zero-order valence-electron chi connectivity index (χ0n) is 16.2. The Bertz CT molecular complexity index is 749. The molecule has 1 saturated heterocycles. The molecule has 5 nitrogen and oxygen atoms in total. The van der Waals surface area contributed by atoms with Crippen molar-refractivity contribution in [3.05, 3.63) is 47.7 Å². The molecule has 1 fully saturated rings. The molecule has 1 atom stereocenters. The lowest BCUT2D eigenvalue weighted by Gasteiger charge is -2.34. The minimum atomic E-state index is 0.518. The number of rotatable bonds is 6. The predicted molar refractivity (Wildman–Crippen MR) is 116 cm³/mol. The number of thiocarbonyl (C=S) groups is 1. The molecule has 0 aliphatic carbocycles. The average Bonchev–Trinajstić information content (AvgIpc) is 2.66. The van der Waals surface area contributed by atoms with Crippen LogP contribution in [0.2, 0.25) is 0 Å². The van der Waals surface area contributed by atoms with E-state index in [1.165, 1.54) is 24.8 Å². The average molecular weight is 384 g/mol. The fourth-order valence-electron chi connectivity index (χ4n) is 3.48. The first-order valence-electron chi connectivity index (χ1n) is 9.83. The SMILES string of the molecule is Cc1cc(N2CCCC[C@H]2C)nc(NC(=S)NCCCc2ccccc2)n1. The van der Waals surface area contributed by atoms with Gasteiger partial charge in [0.2, 0.25) is 5.95 Å². The highest BCUT2D eigenvalue weighted by atomic mass is 32.1. The highest BCUT2D eigenvalue weighted by Crippen LogP contribution is 2.24. The van der Waals surface area contributed by atoms with Gasteiger partial charge in [-0.25, -0.2) is 4.98 Å². The summed E-state index contributed by atoms with van der Waals surface area (Å²) in [6.45, 7) is 6.14. The van der Waals surface area contributed by atoms with Crippen LogP contribution >= 0.6 is 12.2 Å². The van der Waals surface area contributed by atoms with Crippen LogP contribution in [0.15, 0.2) is 36.4 Å². The molecule has 2 aromatic rings. The summed E-state index contributed by atoms with van der Waals surface area (Å²) < 4.78 is 0. The first kappa shape index (κ1) is 19.5. The summed E-state index contributed by atoms with van der Waals surface area (Å²) in [4.78, 5) is 11.6. The zero-order valence-corrected chi connectivity index (χ0v) is 17.1. The van der Waals surface area contributed by atoms with E-state index < -0.39 is 0 Å². The maximum atomic E-state index is 5.42. The van der Waals surface area contributed by atoms with Crippen molar-refractivity contribution in [3.63, 3.8) is 0 Å². The van der Waals surface area contributed by atoms with Crippen molar-refractivity contribution in [2.75, 3.05) is 23.3 Å². The van der Waals surface area contributed by atoms with E-state index in [9.17, 15) is 0 Å². The lowest BCUT2D eigenvalue weighted by molar-refractivity contribution is 0.481. The summed E-state index contributed by atoms with van der Waals surface area (Å²) in [6, 6.07) is 13.1. The molecular formula is C21H29N5S. The summed E-state index contributed by atoms with van der Waals surface area (Å²) in [7, 11) is 0. The minimum Gasteiger partial charge on any atom is -0.362 e. The fraction of sp³-hybridized carbons (Fsp3) is 0.476. The molecule has 6 heteroatoms. The molecule has 0 spiro atoms. The van der Waals surface area contributed by atoms with Gasteiger partial charge in [-0.3, -0.25) is 0 Å². The van der Waals surface area contributed by atoms with Gasteiger partial charge in [-0.1, -0.05) is 30.3 Å². The molecule has 144 valence electrons. The van der Waals surface area contributed by atoms with E-state index in [0.29, 0.717) is 17.1 Å². The Morgan fingerprint density at radius 1 is 1.22 bits per heavy atom. The van der Waals surface area contributed by atoms with E-state index in [1.807, 2.05) is 13.0 Å². The molecule has 2 heterocycles. The van der Waals surface area contributed by atoms with Crippen LogP contribution < -0.4 is 15.5 Å². The number of hydrogen-bond acceptors (Lipinski definition) is 4. The number of nitrogens with zero attached hydrogens (tertiary/aromatic N) is 3. The van der Waals surface area contributed by atoms with E-state index in [0.717, 1.165) is 37.4 Å². The van der Waals surface area contributed by atoms with Crippen molar-refractivity contribution in [2.45, 2.75) is 52.0 Å². The van der Waals surface area contributed by atoms with E-state index in [2.05, 4.69) is 57.8 Å². The zero-order chi connectivity index (χ0) is 19.1. The monoisotopic (exact) mass is 383 g/mol. The van der Waals surface area contributed by atoms with Crippen LogP contribution in [0.5, 0.6) is 0 Å². The van der Waals surface area contributed by atoms with Gasteiger partial charge in [-0.05, 0) is 63.7 Å². The Morgan fingerprint density at radius 2 is 2.04 bits per heavy atom. The third kappa shape index (κ3) is 5.89. The van der Waals surface area contributed by atoms with Crippen LogP contribution in [0, 0.1) is 6.92 Å². The van der Waals surface area contributed by atoms with Crippen LogP contribution in [0.4, 0.5) is 11.8 Å². The molecule has 1 aromatic heterocycles. The van der Waals surface area contributed by atoms with Gasteiger partial charge >= 0.3 is 0 Å². The van der Waals surface area contributed by atoms with E-state index >= 15 is 0 Å². The molecule has 2 N–H and O–H groups in total. The first-order chi connectivity index (χ1) is 13.1. The second kappa shape index (κ2) is 9.65. The van der Waals surface area contributed by atoms with E-state index in [1.54, 1.807) is 0 Å². The Morgan fingerprint density at radius 3 is 2.81 bits per heavy atom. The van der Waals surface area contributed by atoms with Gasteiger partial charge in [0, 0.05) is 30.9 Å². The number of anilines is 2. The second-order valence-corrected chi connectivity index (χ2v) is 7.61. The van der Waals surface area contributed by atoms with Gasteiger partial charge in [-0.15, -0.1) is 0 Å². The van der Waals surface area contributed by atoms with Crippen LogP contribution in [0.25, 0.3) is 0 Å². The quantitative estimate of drug-likeness (QED) is 0.579. The topological polar surface area (TPSA) is 53.1 Å². The number of benzene rings is 1. The van der Waals surface area contributed by atoms with Crippen molar-refractivity contribution < 1.29 is 0 Å². The number of aromatic nitrogens is 2. The normalized spacial score (nSPS) is 16.8. The summed E-state index contributed by atoms with van der Waals surface area (Å²) in [6.07, 6.45) is 5.79. The molecule has 1 aliphatic rings. The molecule has 0 amide bonds. The maximum absolute atomic E-state index is 5.42. The largest absolute Gasteiger partial charge is 0.362 e. The summed E-state index contributed by atoms with van der Waals surface area (Å²) in [5.74, 6) is 1.56. The maximum Gasteiger partial charge on any atom is 0.231 e. The second-order valence-electron chi connectivity index (χ2n) is 7.20. The number of piperidine rings is 1.